The van der Waals surface area contributed by atoms with E-state index in [1.165, 1.54) is 0 Å². The van der Waals surface area contributed by atoms with Crippen LogP contribution in [0.1, 0.15) is 51.5 Å². The first-order valence-corrected chi connectivity index (χ1v) is 16.3. The van der Waals surface area contributed by atoms with Gasteiger partial charge in [-0.2, -0.15) is 0 Å². The van der Waals surface area contributed by atoms with Gasteiger partial charge in [-0.3, -0.25) is 19.3 Å². The van der Waals surface area contributed by atoms with Crippen LogP contribution in [0.5, 0.6) is 0 Å². The fourth-order valence-corrected chi connectivity index (χ4v) is 6.79. The summed E-state index contributed by atoms with van der Waals surface area (Å²) in [7, 11) is 2.14. The second kappa shape index (κ2) is 15.5. The van der Waals surface area contributed by atoms with Crippen LogP contribution in [0.3, 0.4) is 0 Å². The number of nitrogens with zero attached hydrogens (tertiary/aromatic N) is 6. The van der Waals surface area contributed by atoms with Crippen molar-refractivity contribution in [2.45, 2.75) is 58.9 Å². The van der Waals surface area contributed by atoms with Gasteiger partial charge in [-0.25, -0.2) is 0 Å². The first kappa shape index (κ1) is 32.7. The Labute approximate surface area is 257 Å². The molecule has 0 unspecified atom stereocenters. The van der Waals surface area contributed by atoms with Crippen LogP contribution >= 0.6 is 11.6 Å². The molecule has 4 rings (SSSR count). The third-order valence-corrected chi connectivity index (χ3v) is 9.90. The maximum Gasteiger partial charge on any atom is 0.236 e. The predicted molar refractivity (Wildman–Crippen MR) is 169 cm³/mol. The second-order valence-corrected chi connectivity index (χ2v) is 12.8. The quantitative estimate of drug-likeness (QED) is 0.410. The first-order chi connectivity index (χ1) is 20.2. The molecule has 3 aliphatic rings. The summed E-state index contributed by atoms with van der Waals surface area (Å²) >= 11 is 6.47. The largest absolute Gasteiger partial charge is 0.343 e. The molecule has 3 aliphatic heterocycles. The molecular weight excluding hydrogens is 552 g/mol. The van der Waals surface area contributed by atoms with E-state index in [1.807, 2.05) is 34.9 Å². The molecule has 10 heteroatoms. The lowest BCUT2D eigenvalue weighted by atomic mass is 9.94. The molecule has 42 heavy (non-hydrogen) atoms. The molecule has 3 amide bonds. The topological polar surface area (TPSA) is 70.7 Å². The summed E-state index contributed by atoms with van der Waals surface area (Å²) in [5.74, 6) is 0.392. The van der Waals surface area contributed by atoms with Crippen molar-refractivity contribution in [3.63, 3.8) is 0 Å². The minimum Gasteiger partial charge on any atom is -0.343 e. The molecule has 0 bridgehead atoms. The van der Waals surface area contributed by atoms with E-state index in [0.717, 1.165) is 82.9 Å². The van der Waals surface area contributed by atoms with Gasteiger partial charge in [0.1, 0.15) is 0 Å². The van der Waals surface area contributed by atoms with Crippen molar-refractivity contribution in [1.29, 1.82) is 0 Å². The van der Waals surface area contributed by atoms with Gasteiger partial charge in [-0.1, -0.05) is 17.7 Å². The fraction of sp³-hybridized carbons (Fsp3) is 0.719. The summed E-state index contributed by atoms with van der Waals surface area (Å²) in [5, 5.41) is 0.668. The average Bonchev–Trinajstić information content (AvgIpc) is 2.99. The van der Waals surface area contributed by atoms with Gasteiger partial charge in [0.15, 0.2) is 0 Å². The summed E-state index contributed by atoms with van der Waals surface area (Å²) in [4.78, 5) is 51.6. The van der Waals surface area contributed by atoms with Crippen LogP contribution in [0.2, 0.25) is 5.02 Å². The molecule has 0 aliphatic carbocycles. The normalized spacial score (nSPS) is 20.1. The van der Waals surface area contributed by atoms with Crippen molar-refractivity contribution in [3.8, 4) is 0 Å². The zero-order valence-corrected chi connectivity index (χ0v) is 26.9. The Morgan fingerprint density at radius 2 is 1.60 bits per heavy atom. The number of carbonyl (C=O) groups is 3. The van der Waals surface area contributed by atoms with E-state index in [1.54, 1.807) is 6.92 Å². The number of piperidine rings is 2. The van der Waals surface area contributed by atoms with E-state index in [4.69, 9.17) is 11.6 Å². The molecule has 1 aromatic carbocycles. The Bertz CT molecular complexity index is 1060. The number of carbonyl (C=O) groups excluding carboxylic acids is 3. The van der Waals surface area contributed by atoms with Gasteiger partial charge in [0.25, 0.3) is 0 Å². The number of halogens is 1. The van der Waals surface area contributed by atoms with E-state index in [0.29, 0.717) is 50.1 Å². The van der Waals surface area contributed by atoms with Gasteiger partial charge in [-0.05, 0) is 77.2 Å². The number of piperazine rings is 1. The monoisotopic (exact) mass is 602 g/mol. The summed E-state index contributed by atoms with van der Waals surface area (Å²) < 4.78 is 0. The minimum atomic E-state index is -0.0835. The van der Waals surface area contributed by atoms with Crippen molar-refractivity contribution < 1.29 is 14.4 Å². The minimum absolute atomic E-state index is 0.0771. The van der Waals surface area contributed by atoms with Crippen molar-refractivity contribution in [2.75, 3.05) is 90.5 Å². The van der Waals surface area contributed by atoms with Gasteiger partial charge in [-0.15, -0.1) is 0 Å². The third-order valence-electron chi connectivity index (χ3n) is 9.49. The Morgan fingerprint density at radius 1 is 0.929 bits per heavy atom. The predicted octanol–water partition coefficient (Wildman–Crippen LogP) is 3.19. The van der Waals surface area contributed by atoms with E-state index in [2.05, 4.69) is 33.6 Å². The Hall–Kier alpha value is -2.20. The lowest BCUT2D eigenvalue weighted by molar-refractivity contribution is -0.136. The molecule has 0 atom stereocenters. The smallest absolute Gasteiger partial charge is 0.236 e. The van der Waals surface area contributed by atoms with E-state index in [9.17, 15) is 14.4 Å². The number of anilines is 1. The Morgan fingerprint density at radius 3 is 2.19 bits per heavy atom. The van der Waals surface area contributed by atoms with Gasteiger partial charge in [0, 0.05) is 95.0 Å². The maximum absolute atomic E-state index is 13.7. The molecule has 0 spiro atoms. The van der Waals surface area contributed by atoms with E-state index < -0.39 is 0 Å². The van der Waals surface area contributed by atoms with Crippen LogP contribution in [-0.2, 0) is 14.4 Å². The summed E-state index contributed by atoms with van der Waals surface area (Å²) in [5.41, 5.74) is 1.84. The Kier molecular flexibility index (Phi) is 12.1. The van der Waals surface area contributed by atoms with Gasteiger partial charge in [0.2, 0.25) is 17.7 Å². The van der Waals surface area contributed by atoms with Crippen LogP contribution in [-0.4, -0.2) is 134 Å². The summed E-state index contributed by atoms with van der Waals surface area (Å²) in [6, 6.07) is 6.18. The van der Waals surface area contributed by atoms with Crippen LogP contribution in [0.4, 0.5) is 5.69 Å². The number of likely N-dealkylation sites (N-methyl/N-ethyl adjacent to an activating group) is 2. The lowest BCUT2D eigenvalue weighted by Crippen LogP contribution is -2.52. The highest BCUT2D eigenvalue weighted by Gasteiger charge is 2.31. The number of amides is 3. The lowest BCUT2D eigenvalue weighted by Gasteiger charge is -2.40. The SMILES string of the molecule is CCN(C(=O)CN1CCN(C)CC1)C1CCN(CCCN(C(=O)C2CCN(C(C)=O)CC2)c2ccc(C)c(Cl)c2)CC1. The highest BCUT2D eigenvalue weighted by molar-refractivity contribution is 6.31. The molecule has 0 aromatic heterocycles. The van der Waals surface area contributed by atoms with Crippen LogP contribution < -0.4 is 4.90 Å². The molecule has 9 nitrogen and oxygen atoms in total. The number of likely N-dealkylation sites (tertiary alicyclic amines) is 2. The number of hydrogen-bond donors (Lipinski definition) is 0. The maximum atomic E-state index is 13.7. The molecule has 234 valence electrons. The molecular formula is C32H51ClN6O3. The van der Waals surface area contributed by atoms with Crippen molar-refractivity contribution >= 4 is 35.0 Å². The molecule has 0 radical (unpaired) electrons. The van der Waals surface area contributed by atoms with Crippen molar-refractivity contribution in [3.05, 3.63) is 28.8 Å². The van der Waals surface area contributed by atoms with Crippen LogP contribution in [0.25, 0.3) is 0 Å². The second-order valence-electron chi connectivity index (χ2n) is 12.4. The summed E-state index contributed by atoms with van der Waals surface area (Å²) in [6.45, 7) is 15.7. The zero-order valence-electron chi connectivity index (χ0n) is 26.2. The van der Waals surface area contributed by atoms with Crippen molar-refractivity contribution in [2.24, 2.45) is 5.92 Å². The Balaban J connectivity index is 1.28. The zero-order chi connectivity index (χ0) is 30.2. The number of benzene rings is 1. The fourth-order valence-electron chi connectivity index (χ4n) is 6.61. The standard InChI is InChI=1S/C32H51ClN6O3/c1-5-38(31(41)24-36-21-19-34(4)20-22-36)28-11-15-35(16-12-28)13-6-14-39(29-8-7-25(2)30(33)23-29)32(42)27-9-17-37(18-10-27)26(3)40/h7-8,23,27-28H,5-6,9-22,24H2,1-4H3. The van der Waals surface area contributed by atoms with Gasteiger partial charge < -0.3 is 24.5 Å². The van der Waals surface area contributed by atoms with Gasteiger partial charge >= 0.3 is 0 Å². The third kappa shape index (κ3) is 8.68. The number of rotatable bonds is 10. The van der Waals surface area contributed by atoms with Gasteiger partial charge in [0.05, 0.1) is 6.54 Å². The molecule has 1 aromatic rings. The van der Waals surface area contributed by atoms with Crippen molar-refractivity contribution in [1.82, 2.24) is 24.5 Å². The summed E-state index contributed by atoms with van der Waals surface area (Å²) in [6.07, 6.45) is 4.25. The van der Waals surface area contributed by atoms with E-state index >= 15 is 0 Å². The number of aryl methyl sites for hydroxylation is 1. The molecule has 3 heterocycles. The van der Waals surface area contributed by atoms with Crippen LogP contribution in [0, 0.1) is 12.8 Å². The molecule has 3 saturated heterocycles. The molecule has 0 saturated carbocycles. The van der Waals surface area contributed by atoms with Crippen LogP contribution in [0.15, 0.2) is 18.2 Å². The van der Waals surface area contributed by atoms with E-state index in [-0.39, 0.29) is 23.6 Å². The molecule has 0 N–H and O–H groups in total. The highest BCUT2D eigenvalue weighted by Crippen LogP contribution is 2.28. The average molecular weight is 603 g/mol. The first-order valence-electron chi connectivity index (χ1n) is 15.9. The molecule has 3 fully saturated rings. The number of hydrogen-bond acceptors (Lipinski definition) is 6. The highest BCUT2D eigenvalue weighted by atomic mass is 35.5.